The minimum absolute atomic E-state index is 0.0101. The maximum atomic E-state index is 10.5. The molecule has 1 aromatic rings. The van der Waals surface area contributed by atoms with Crippen molar-refractivity contribution < 1.29 is 14.8 Å². The van der Waals surface area contributed by atoms with Crippen LogP contribution in [0.5, 0.6) is 0 Å². The first kappa shape index (κ1) is 9.63. The summed E-state index contributed by atoms with van der Waals surface area (Å²) in [5.74, 6) is 0. The average Bonchev–Trinajstić information content (AvgIpc) is 2.15. The van der Waals surface area contributed by atoms with Gasteiger partial charge in [0.15, 0.2) is 0 Å². The van der Waals surface area contributed by atoms with Gasteiger partial charge >= 0.3 is 0 Å². The number of hydrogen-bond donors (Lipinski definition) is 1. The van der Waals surface area contributed by atoms with Crippen LogP contribution in [0.25, 0.3) is 0 Å². The minimum Gasteiger partial charge on any atom is -0.371 e. The number of para-hydroxylation sites is 1. The molecule has 0 saturated carbocycles. The predicted octanol–water partition coefficient (Wildman–Crippen LogP) is 1.06. The Bertz CT molecular complexity index is 300. The second kappa shape index (κ2) is 4.54. The quantitative estimate of drug-likeness (QED) is 0.430. The van der Waals surface area contributed by atoms with E-state index in [4.69, 9.17) is 5.11 Å². The summed E-state index contributed by atoms with van der Waals surface area (Å²) in [6.45, 7) is -0.389. The monoisotopic (exact) mass is 183 g/mol. The van der Waals surface area contributed by atoms with Crippen LogP contribution in [-0.2, 0) is 11.3 Å². The van der Waals surface area contributed by atoms with Gasteiger partial charge in [-0.25, -0.2) is 0 Å². The van der Waals surface area contributed by atoms with E-state index in [0.717, 1.165) is 0 Å². The van der Waals surface area contributed by atoms with Crippen molar-refractivity contribution in [3.8, 4) is 0 Å². The van der Waals surface area contributed by atoms with Crippen LogP contribution in [0.2, 0.25) is 0 Å². The van der Waals surface area contributed by atoms with Crippen molar-refractivity contribution in [2.24, 2.45) is 0 Å². The Morgan fingerprint density at radius 1 is 1.46 bits per heavy atom. The van der Waals surface area contributed by atoms with E-state index >= 15 is 0 Å². The van der Waals surface area contributed by atoms with Gasteiger partial charge in [0.05, 0.1) is 17.1 Å². The summed E-state index contributed by atoms with van der Waals surface area (Å²) >= 11 is 0. The van der Waals surface area contributed by atoms with E-state index in [0.29, 0.717) is 5.56 Å². The van der Waals surface area contributed by atoms with Crippen LogP contribution in [0.15, 0.2) is 24.3 Å². The van der Waals surface area contributed by atoms with Crippen molar-refractivity contribution in [2.45, 2.75) is 6.61 Å². The van der Waals surface area contributed by atoms with Crippen molar-refractivity contribution >= 4 is 5.69 Å². The lowest BCUT2D eigenvalue weighted by molar-refractivity contribution is -0.386. The van der Waals surface area contributed by atoms with E-state index in [9.17, 15) is 10.1 Å². The Morgan fingerprint density at radius 2 is 2.15 bits per heavy atom. The third kappa shape index (κ3) is 2.50. The van der Waals surface area contributed by atoms with Crippen molar-refractivity contribution in [1.82, 2.24) is 0 Å². The summed E-state index contributed by atoms with van der Waals surface area (Å²) in [6.07, 6.45) is 0. The largest absolute Gasteiger partial charge is 0.371 e. The van der Waals surface area contributed by atoms with Crippen LogP contribution in [0, 0.1) is 10.1 Å². The summed E-state index contributed by atoms with van der Waals surface area (Å²) in [5.41, 5.74) is 0.470. The van der Waals surface area contributed by atoms with Gasteiger partial charge in [0.1, 0.15) is 6.79 Å². The second-order valence-corrected chi connectivity index (χ2v) is 2.36. The van der Waals surface area contributed by atoms with Crippen molar-refractivity contribution in [3.05, 3.63) is 39.9 Å². The highest BCUT2D eigenvalue weighted by molar-refractivity contribution is 5.39. The van der Waals surface area contributed by atoms with Crippen LogP contribution in [0.1, 0.15) is 5.56 Å². The fraction of sp³-hybridized carbons (Fsp3) is 0.250. The molecule has 0 amide bonds. The molecule has 1 aromatic carbocycles. The number of hydrogen-bond acceptors (Lipinski definition) is 4. The minimum atomic E-state index is -0.476. The SMILES string of the molecule is O=[N+]([O-])c1ccccc1COCO. The van der Waals surface area contributed by atoms with Gasteiger partial charge in [0, 0.05) is 6.07 Å². The van der Waals surface area contributed by atoms with Gasteiger partial charge in [-0.3, -0.25) is 10.1 Å². The number of nitro benzene ring substituents is 1. The Hall–Kier alpha value is -1.46. The summed E-state index contributed by atoms with van der Waals surface area (Å²) in [5, 5.41) is 18.8. The van der Waals surface area contributed by atoms with E-state index in [1.54, 1.807) is 18.2 Å². The normalized spacial score (nSPS) is 9.92. The molecule has 70 valence electrons. The maximum absolute atomic E-state index is 10.5. The molecule has 13 heavy (non-hydrogen) atoms. The Balaban J connectivity index is 2.84. The second-order valence-electron chi connectivity index (χ2n) is 2.36. The molecule has 0 spiro atoms. The van der Waals surface area contributed by atoms with Gasteiger partial charge in [-0.05, 0) is 6.07 Å². The molecule has 0 aromatic heterocycles. The first-order chi connectivity index (χ1) is 6.25. The lowest BCUT2D eigenvalue weighted by Crippen LogP contribution is -1.98. The molecule has 0 unspecified atom stereocenters. The molecule has 0 aliphatic heterocycles. The van der Waals surface area contributed by atoms with Gasteiger partial charge in [-0.15, -0.1) is 0 Å². The van der Waals surface area contributed by atoms with Crippen LogP contribution in [0.4, 0.5) is 5.69 Å². The lowest BCUT2D eigenvalue weighted by atomic mass is 10.2. The van der Waals surface area contributed by atoms with E-state index in [1.807, 2.05) is 0 Å². The third-order valence-electron chi connectivity index (χ3n) is 1.54. The lowest BCUT2D eigenvalue weighted by Gasteiger charge is -2.01. The molecule has 0 heterocycles. The molecule has 0 aliphatic rings. The highest BCUT2D eigenvalue weighted by Crippen LogP contribution is 2.17. The smallest absolute Gasteiger partial charge is 0.274 e. The number of aliphatic hydroxyl groups excluding tert-OH is 1. The first-order valence-electron chi connectivity index (χ1n) is 3.66. The molecule has 0 bridgehead atoms. The van der Waals surface area contributed by atoms with Crippen LogP contribution >= 0.6 is 0 Å². The molecule has 0 radical (unpaired) electrons. The van der Waals surface area contributed by atoms with Gasteiger partial charge < -0.3 is 9.84 Å². The fourth-order valence-electron chi connectivity index (χ4n) is 0.967. The molecule has 1 rings (SSSR count). The van der Waals surface area contributed by atoms with Crippen molar-refractivity contribution in [2.75, 3.05) is 6.79 Å². The van der Waals surface area contributed by atoms with Crippen LogP contribution in [-0.4, -0.2) is 16.8 Å². The molecular formula is C8H9NO4. The summed E-state index contributed by atoms with van der Waals surface area (Å²) in [7, 11) is 0. The number of rotatable bonds is 4. The Kier molecular flexibility index (Phi) is 3.36. The van der Waals surface area contributed by atoms with E-state index < -0.39 is 11.7 Å². The summed E-state index contributed by atoms with van der Waals surface area (Å²) < 4.78 is 4.66. The zero-order chi connectivity index (χ0) is 9.68. The molecular weight excluding hydrogens is 174 g/mol. The van der Waals surface area contributed by atoms with Crippen LogP contribution in [0.3, 0.4) is 0 Å². The van der Waals surface area contributed by atoms with Crippen LogP contribution < -0.4 is 0 Å². The topological polar surface area (TPSA) is 72.6 Å². The maximum Gasteiger partial charge on any atom is 0.274 e. The number of nitro groups is 1. The predicted molar refractivity (Wildman–Crippen MR) is 45.0 cm³/mol. The Morgan fingerprint density at radius 3 is 2.77 bits per heavy atom. The van der Waals surface area contributed by atoms with Gasteiger partial charge in [-0.2, -0.15) is 0 Å². The number of aliphatic hydroxyl groups is 1. The number of benzene rings is 1. The highest BCUT2D eigenvalue weighted by Gasteiger charge is 2.11. The van der Waals surface area contributed by atoms with Gasteiger partial charge in [0.2, 0.25) is 0 Å². The zero-order valence-electron chi connectivity index (χ0n) is 6.84. The molecule has 5 nitrogen and oxygen atoms in total. The van der Waals surface area contributed by atoms with Crippen molar-refractivity contribution in [1.29, 1.82) is 0 Å². The Labute approximate surface area is 74.7 Å². The van der Waals surface area contributed by atoms with E-state index in [-0.39, 0.29) is 12.3 Å². The standard InChI is InChI=1S/C8H9NO4/c10-6-13-5-7-3-1-2-4-8(7)9(11)12/h1-4,10H,5-6H2. The number of nitrogens with zero attached hydrogens (tertiary/aromatic N) is 1. The number of ether oxygens (including phenoxy) is 1. The summed E-state index contributed by atoms with van der Waals surface area (Å²) in [4.78, 5) is 10.00. The molecule has 0 saturated heterocycles. The summed E-state index contributed by atoms with van der Waals surface area (Å²) in [6, 6.07) is 6.26. The first-order valence-corrected chi connectivity index (χ1v) is 3.66. The van der Waals surface area contributed by atoms with Gasteiger partial charge in [-0.1, -0.05) is 12.1 Å². The van der Waals surface area contributed by atoms with Gasteiger partial charge in [0.25, 0.3) is 5.69 Å². The molecule has 0 atom stereocenters. The third-order valence-corrected chi connectivity index (χ3v) is 1.54. The molecule has 0 aliphatic carbocycles. The molecule has 1 N–H and O–H groups in total. The van der Waals surface area contributed by atoms with Crippen molar-refractivity contribution in [3.63, 3.8) is 0 Å². The van der Waals surface area contributed by atoms with E-state index in [1.165, 1.54) is 6.07 Å². The molecule has 5 heteroatoms. The average molecular weight is 183 g/mol. The highest BCUT2D eigenvalue weighted by atomic mass is 16.6. The molecule has 0 fully saturated rings. The van der Waals surface area contributed by atoms with E-state index in [2.05, 4.69) is 4.74 Å². The fourth-order valence-corrected chi connectivity index (χ4v) is 0.967. The zero-order valence-corrected chi connectivity index (χ0v) is 6.84.